The minimum Gasteiger partial charge on any atom is -0.494 e. The maximum atomic E-state index is 12.3. The number of hydrogen-bond donors (Lipinski definition) is 1. The quantitative estimate of drug-likeness (QED) is 0.563. The van der Waals surface area contributed by atoms with Crippen molar-refractivity contribution >= 4 is 5.91 Å². The second-order valence-electron chi connectivity index (χ2n) is 5.75. The lowest BCUT2D eigenvalue weighted by atomic mass is 10.0. The van der Waals surface area contributed by atoms with Gasteiger partial charge in [-0.3, -0.25) is 4.79 Å². The lowest BCUT2D eigenvalue weighted by Crippen LogP contribution is -2.39. The van der Waals surface area contributed by atoms with Gasteiger partial charge in [-0.2, -0.15) is 0 Å². The number of amides is 1. The van der Waals surface area contributed by atoms with Gasteiger partial charge in [0.25, 0.3) is 0 Å². The molecule has 1 saturated heterocycles. The number of ether oxygens (including phenoxy) is 1. The van der Waals surface area contributed by atoms with Gasteiger partial charge in [-0.1, -0.05) is 24.3 Å². The number of nitrogens with two attached hydrogens (primary N) is 1. The van der Waals surface area contributed by atoms with E-state index < -0.39 is 0 Å². The average molecular weight is 302 g/mol. The smallest absolute Gasteiger partial charge is 0.226 e. The van der Waals surface area contributed by atoms with Crippen LogP contribution in [0.3, 0.4) is 0 Å². The van der Waals surface area contributed by atoms with Gasteiger partial charge in [0.15, 0.2) is 0 Å². The molecule has 1 aliphatic heterocycles. The molecule has 0 spiro atoms. The first-order valence-electron chi connectivity index (χ1n) is 8.05. The number of para-hydroxylation sites is 1. The van der Waals surface area contributed by atoms with Gasteiger partial charge in [-0.15, -0.1) is 6.58 Å². The first-order valence-corrected chi connectivity index (χ1v) is 8.05. The first kappa shape index (κ1) is 16.6. The van der Waals surface area contributed by atoms with Crippen molar-refractivity contribution in [3.05, 3.63) is 43.0 Å². The highest BCUT2D eigenvalue weighted by atomic mass is 16.5. The van der Waals surface area contributed by atoms with E-state index >= 15 is 0 Å². The third-order valence-corrected chi connectivity index (χ3v) is 4.16. The van der Waals surface area contributed by atoms with Crippen molar-refractivity contribution in [2.75, 3.05) is 19.7 Å². The van der Waals surface area contributed by atoms with Gasteiger partial charge >= 0.3 is 0 Å². The van der Waals surface area contributed by atoms with Crippen LogP contribution < -0.4 is 10.5 Å². The Labute approximate surface area is 132 Å². The molecule has 1 unspecified atom stereocenters. The highest BCUT2D eigenvalue weighted by Crippen LogP contribution is 2.27. The summed E-state index contributed by atoms with van der Waals surface area (Å²) in [6, 6.07) is 9.99. The molecular formula is C18H26N2O2. The molecule has 0 saturated carbocycles. The molecule has 2 atom stereocenters. The van der Waals surface area contributed by atoms with Crippen molar-refractivity contribution in [3.63, 3.8) is 0 Å². The van der Waals surface area contributed by atoms with E-state index in [0.717, 1.165) is 38.0 Å². The molecule has 0 aliphatic carbocycles. The Balaban J connectivity index is 1.71. The van der Waals surface area contributed by atoms with E-state index in [9.17, 15) is 4.79 Å². The summed E-state index contributed by atoms with van der Waals surface area (Å²) < 4.78 is 5.67. The summed E-state index contributed by atoms with van der Waals surface area (Å²) >= 11 is 0. The monoisotopic (exact) mass is 302 g/mol. The van der Waals surface area contributed by atoms with Gasteiger partial charge in [0.1, 0.15) is 5.75 Å². The average Bonchev–Trinajstić information content (AvgIpc) is 2.84. The molecule has 4 heteroatoms. The molecule has 2 rings (SSSR count). The normalized spacial score (nSPS) is 21.1. The zero-order chi connectivity index (χ0) is 15.8. The first-order chi connectivity index (χ1) is 10.8. The predicted molar refractivity (Wildman–Crippen MR) is 88.6 cm³/mol. The Bertz CT molecular complexity index is 475. The number of benzene rings is 1. The molecule has 1 aromatic rings. The Kier molecular flexibility index (Phi) is 6.46. The van der Waals surface area contributed by atoms with Crippen LogP contribution in [0.5, 0.6) is 5.75 Å². The van der Waals surface area contributed by atoms with Crippen LogP contribution in [0, 0.1) is 5.92 Å². The van der Waals surface area contributed by atoms with Crippen LogP contribution in [0.15, 0.2) is 43.0 Å². The topological polar surface area (TPSA) is 55.6 Å². The van der Waals surface area contributed by atoms with Gasteiger partial charge < -0.3 is 15.4 Å². The zero-order valence-corrected chi connectivity index (χ0v) is 13.1. The van der Waals surface area contributed by atoms with Crippen LogP contribution in [0.2, 0.25) is 0 Å². The van der Waals surface area contributed by atoms with E-state index in [-0.39, 0.29) is 17.9 Å². The number of allylic oxidation sites excluding steroid dienone is 1. The Morgan fingerprint density at radius 1 is 1.32 bits per heavy atom. The summed E-state index contributed by atoms with van der Waals surface area (Å²) in [5.41, 5.74) is 5.81. The Morgan fingerprint density at radius 3 is 2.77 bits per heavy atom. The van der Waals surface area contributed by atoms with Crippen LogP contribution in [-0.4, -0.2) is 36.5 Å². The number of nitrogens with zero attached hydrogens (tertiary/aromatic N) is 1. The molecule has 1 aromatic carbocycles. The van der Waals surface area contributed by atoms with E-state index in [1.54, 1.807) is 0 Å². The molecule has 1 heterocycles. The highest BCUT2D eigenvalue weighted by Gasteiger charge is 2.37. The summed E-state index contributed by atoms with van der Waals surface area (Å²) in [7, 11) is 0. The van der Waals surface area contributed by atoms with Crippen LogP contribution in [0.4, 0.5) is 0 Å². The molecule has 0 radical (unpaired) electrons. The van der Waals surface area contributed by atoms with Crippen molar-refractivity contribution in [1.82, 2.24) is 4.90 Å². The molecule has 120 valence electrons. The standard InChI is InChI=1S/C18H26N2O2/c1-2-8-15-13-16(14-19)20(18(15)21)11-6-7-12-22-17-9-4-3-5-10-17/h2-5,9-10,15-16H,1,6-8,11-14,19H2/t15?,16-/m0/s1. The van der Waals surface area contributed by atoms with E-state index in [1.165, 1.54) is 0 Å². The van der Waals surface area contributed by atoms with Crippen molar-refractivity contribution in [2.24, 2.45) is 11.7 Å². The molecule has 2 N–H and O–H groups in total. The SMILES string of the molecule is C=CCC1C[C@@H](CN)N(CCCCOc2ccccc2)C1=O. The molecule has 0 aromatic heterocycles. The number of rotatable bonds is 9. The summed E-state index contributed by atoms with van der Waals surface area (Å²) in [5, 5.41) is 0. The van der Waals surface area contributed by atoms with E-state index in [1.807, 2.05) is 41.3 Å². The van der Waals surface area contributed by atoms with Gasteiger partial charge in [0.05, 0.1) is 6.61 Å². The minimum atomic E-state index is 0.0756. The van der Waals surface area contributed by atoms with E-state index in [0.29, 0.717) is 13.2 Å². The third-order valence-electron chi connectivity index (χ3n) is 4.16. The molecule has 4 nitrogen and oxygen atoms in total. The summed E-state index contributed by atoms with van der Waals surface area (Å²) in [6.45, 7) is 5.72. The lowest BCUT2D eigenvalue weighted by molar-refractivity contribution is -0.131. The van der Waals surface area contributed by atoms with Crippen LogP contribution in [-0.2, 0) is 4.79 Å². The largest absolute Gasteiger partial charge is 0.494 e. The Hall–Kier alpha value is -1.81. The molecule has 1 aliphatic rings. The molecule has 22 heavy (non-hydrogen) atoms. The Morgan fingerprint density at radius 2 is 2.09 bits per heavy atom. The lowest BCUT2D eigenvalue weighted by Gasteiger charge is -2.23. The minimum absolute atomic E-state index is 0.0756. The predicted octanol–water partition coefficient (Wildman–Crippen LogP) is 2.60. The third kappa shape index (κ3) is 4.34. The summed E-state index contributed by atoms with van der Waals surface area (Å²) in [6.07, 6.45) is 5.32. The van der Waals surface area contributed by atoms with Gasteiger partial charge in [-0.05, 0) is 37.8 Å². The van der Waals surface area contributed by atoms with Crippen molar-refractivity contribution in [1.29, 1.82) is 0 Å². The number of likely N-dealkylation sites (tertiary alicyclic amines) is 1. The van der Waals surface area contributed by atoms with Crippen LogP contribution in [0.1, 0.15) is 25.7 Å². The van der Waals surface area contributed by atoms with Crippen molar-refractivity contribution in [2.45, 2.75) is 31.7 Å². The van der Waals surface area contributed by atoms with Gasteiger partial charge in [-0.25, -0.2) is 0 Å². The van der Waals surface area contributed by atoms with Crippen molar-refractivity contribution in [3.8, 4) is 5.75 Å². The van der Waals surface area contributed by atoms with Crippen LogP contribution in [0.25, 0.3) is 0 Å². The summed E-state index contributed by atoms with van der Waals surface area (Å²) in [5.74, 6) is 1.21. The fraction of sp³-hybridized carbons (Fsp3) is 0.500. The number of hydrogen-bond acceptors (Lipinski definition) is 3. The maximum absolute atomic E-state index is 12.3. The number of carbonyl (C=O) groups excluding carboxylic acids is 1. The highest BCUT2D eigenvalue weighted by molar-refractivity contribution is 5.81. The fourth-order valence-electron chi connectivity index (χ4n) is 2.98. The second kappa shape index (κ2) is 8.59. The van der Waals surface area contributed by atoms with E-state index in [2.05, 4.69) is 6.58 Å². The molecule has 1 amide bonds. The second-order valence-corrected chi connectivity index (χ2v) is 5.75. The fourth-order valence-corrected chi connectivity index (χ4v) is 2.98. The summed E-state index contributed by atoms with van der Waals surface area (Å²) in [4.78, 5) is 14.3. The van der Waals surface area contributed by atoms with Gasteiger partial charge in [0, 0.05) is 25.0 Å². The number of carbonyl (C=O) groups is 1. The molecule has 1 fully saturated rings. The van der Waals surface area contributed by atoms with E-state index in [4.69, 9.17) is 10.5 Å². The van der Waals surface area contributed by atoms with Crippen molar-refractivity contribution < 1.29 is 9.53 Å². The molecular weight excluding hydrogens is 276 g/mol. The molecule has 0 bridgehead atoms. The van der Waals surface area contributed by atoms with Crippen LogP contribution >= 0.6 is 0 Å². The maximum Gasteiger partial charge on any atom is 0.226 e. The van der Waals surface area contributed by atoms with Gasteiger partial charge in [0.2, 0.25) is 5.91 Å². The zero-order valence-electron chi connectivity index (χ0n) is 13.1. The number of unbranched alkanes of at least 4 members (excludes halogenated alkanes) is 1.